The second kappa shape index (κ2) is 29.8. The summed E-state index contributed by atoms with van der Waals surface area (Å²) in [6, 6.07) is 15.6. The molecule has 0 bridgehead atoms. The lowest BCUT2D eigenvalue weighted by atomic mass is 10.1. The van der Waals surface area contributed by atoms with Gasteiger partial charge in [-0.25, -0.2) is 4.98 Å². The first-order valence-corrected chi connectivity index (χ1v) is 36.4. The number of aromatic nitrogens is 2. The summed E-state index contributed by atoms with van der Waals surface area (Å²) in [5.41, 5.74) is -0.385. The van der Waals surface area contributed by atoms with Crippen LogP contribution >= 0.6 is 35.1 Å². The summed E-state index contributed by atoms with van der Waals surface area (Å²) in [5.74, 6) is -4.25. The lowest BCUT2D eigenvalue weighted by molar-refractivity contribution is -0.115. The number of pyridine rings is 1. The van der Waals surface area contributed by atoms with Crippen molar-refractivity contribution >= 4 is 171 Å². The number of nitrogens with one attached hydrogen (secondary N) is 2. The first-order valence-electron chi connectivity index (χ1n) is 26.3. The number of aromatic hydroxyl groups is 1. The average Bonchev–Trinajstić information content (AvgIpc) is 1.60. The largest absolute Gasteiger partial charge is 0.495 e. The summed E-state index contributed by atoms with van der Waals surface area (Å²) in [6.45, 7) is 4.98. The van der Waals surface area contributed by atoms with Crippen molar-refractivity contribution in [3.05, 3.63) is 88.4 Å². The lowest BCUT2D eigenvalue weighted by Crippen LogP contribution is -2.08. The molecular formula is C52H52ClN13O20S7. The number of carbonyl (C=O) groups excluding carboxylic acids is 2. The SMILES string of the molecule is COc1cc2nc3c(C#N)c(C)c(N=Nc4cc(C)c(N=Nc5cc(NC(C)=O)c(N=Nc6cc(NC(C)=O)c(N=Nc7ccc(S(=O)(=O)O)c(Cl)c7)cc6SCCCS(=O)(=O)O)cc5SCCCS(=O)(=O)O)cc4OCCCS(=O)(=O)O)c(O)n3c2cc1S(=O)(=O)O. The number of thioether (sulfide) groups is 2. The quantitative estimate of drug-likeness (QED) is 0.00977. The van der Waals surface area contributed by atoms with E-state index in [1.54, 1.807) is 6.92 Å². The van der Waals surface area contributed by atoms with Crippen LogP contribution in [-0.2, 0) is 60.2 Å². The second-order valence-corrected chi connectivity index (χ2v) is 29.7. The Labute approximate surface area is 543 Å². The summed E-state index contributed by atoms with van der Waals surface area (Å²) >= 11 is 8.11. The molecule has 0 saturated carbocycles. The van der Waals surface area contributed by atoms with Crippen LogP contribution in [0.25, 0.3) is 16.7 Å². The van der Waals surface area contributed by atoms with Crippen molar-refractivity contribution in [1.82, 2.24) is 9.38 Å². The molecule has 0 aliphatic carbocycles. The second-order valence-electron chi connectivity index (χ2n) is 19.5. The zero-order chi connectivity index (χ0) is 68.5. The molecule has 0 radical (unpaired) electrons. The van der Waals surface area contributed by atoms with Crippen LogP contribution in [0.5, 0.6) is 17.4 Å². The highest BCUT2D eigenvalue weighted by atomic mass is 35.5. The molecule has 0 atom stereocenters. The molecule has 2 heterocycles. The average molecular weight is 1440 g/mol. The number of hydrogen-bond acceptors (Lipinski definition) is 27. The van der Waals surface area contributed by atoms with Crippen molar-refractivity contribution < 1.29 is 89.0 Å². The fraction of sp³-hybridized carbons (Fsp3) is 0.269. The maximum atomic E-state index is 12.8. The Morgan fingerprint density at radius 3 is 1.62 bits per heavy atom. The highest BCUT2D eigenvalue weighted by molar-refractivity contribution is 7.99. The Morgan fingerprint density at radius 1 is 0.624 bits per heavy atom. The number of carbonyl (C=O) groups is 2. The molecule has 0 unspecified atom stereocenters. The molecule has 7 aromatic rings. The van der Waals surface area contributed by atoms with Crippen molar-refractivity contribution in [2.75, 3.05) is 53.1 Å². The van der Waals surface area contributed by atoms with E-state index >= 15 is 0 Å². The Hall–Kier alpha value is -8.18. The number of amides is 2. The number of benzene rings is 5. The number of azo groups is 4. The van der Waals surface area contributed by atoms with Gasteiger partial charge in [0.2, 0.25) is 17.7 Å². The van der Waals surface area contributed by atoms with E-state index in [0.29, 0.717) is 5.56 Å². The predicted molar refractivity (Wildman–Crippen MR) is 341 cm³/mol. The van der Waals surface area contributed by atoms with E-state index in [0.717, 1.165) is 53.2 Å². The Bertz CT molecular complexity index is 4930. The minimum atomic E-state index is -4.91. The zero-order valence-electron chi connectivity index (χ0n) is 48.8. The van der Waals surface area contributed by atoms with Crippen molar-refractivity contribution in [3.8, 4) is 23.4 Å². The maximum absolute atomic E-state index is 12.8. The molecule has 7 rings (SSSR count). The van der Waals surface area contributed by atoms with Crippen LogP contribution in [-0.4, -0.2) is 134 Å². The summed E-state index contributed by atoms with van der Waals surface area (Å²) in [7, 11) is -21.7. The first-order chi connectivity index (χ1) is 43.4. The highest BCUT2D eigenvalue weighted by Gasteiger charge is 2.26. The zero-order valence-corrected chi connectivity index (χ0v) is 55.2. The molecule has 41 heteroatoms. The number of rotatable bonds is 28. The monoisotopic (exact) mass is 1440 g/mol. The number of imidazole rings is 1. The van der Waals surface area contributed by atoms with Gasteiger partial charge in [-0.3, -0.25) is 36.8 Å². The molecule has 494 valence electrons. The van der Waals surface area contributed by atoms with Gasteiger partial charge in [0.05, 0.1) is 69.8 Å². The molecule has 0 aliphatic rings. The fourth-order valence-corrected chi connectivity index (χ4v) is 13.8. The molecule has 2 amide bonds. The Morgan fingerprint density at radius 2 is 1.13 bits per heavy atom. The minimum Gasteiger partial charge on any atom is -0.495 e. The molecule has 0 spiro atoms. The van der Waals surface area contributed by atoms with Crippen LogP contribution in [0, 0.1) is 25.2 Å². The van der Waals surface area contributed by atoms with Gasteiger partial charge in [0.1, 0.15) is 61.4 Å². The summed E-state index contributed by atoms with van der Waals surface area (Å²) in [4.78, 5) is 29.0. The van der Waals surface area contributed by atoms with Crippen LogP contribution in [0.4, 0.5) is 56.9 Å². The number of fused-ring (bicyclic) bond motifs is 3. The number of methoxy groups -OCH3 is 1. The van der Waals surface area contributed by atoms with Gasteiger partial charge in [0.25, 0.3) is 50.6 Å². The van der Waals surface area contributed by atoms with Crippen molar-refractivity contribution in [2.24, 2.45) is 40.9 Å². The number of hydrogen-bond donors (Lipinski definition) is 8. The lowest BCUT2D eigenvalue weighted by Gasteiger charge is -2.13. The van der Waals surface area contributed by atoms with E-state index in [2.05, 4.69) is 56.5 Å². The van der Waals surface area contributed by atoms with E-state index in [-0.39, 0.29) is 143 Å². The Kier molecular flexibility index (Phi) is 23.2. The summed E-state index contributed by atoms with van der Waals surface area (Å²) < 4.78 is 178. The van der Waals surface area contributed by atoms with Crippen molar-refractivity contribution in [2.45, 2.75) is 66.5 Å². The van der Waals surface area contributed by atoms with Crippen LogP contribution in [0.1, 0.15) is 49.8 Å². The van der Waals surface area contributed by atoms with Crippen LogP contribution in [0.15, 0.2) is 127 Å². The maximum Gasteiger partial charge on any atom is 0.298 e. The molecule has 8 N–H and O–H groups in total. The molecule has 5 aromatic carbocycles. The third-order valence-corrected chi connectivity index (χ3v) is 19.3. The van der Waals surface area contributed by atoms with Crippen LogP contribution < -0.4 is 20.1 Å². The van der Waals surface area contributed by atoms with Gasteiger partial charge < -0.3 is 25.2 Å². The van der Waals surface area contributed by atoms with E-state index < -0.39 is 100 Å². The molecule has 0 aliphatic heterocycles. The predicted octanol–water partition coefficient (Wildman–Crippen LogP) is 11.8. The molecular weight excluding hydrogens is 1390 g/mol. The van der Waals surface area contributed by atoms with Gasteiger partial charge in [-0.2, -0.15) is 57.6 Å². The van der Waals surface area contributed by atoms with Crippen LogP contribution in [0.3, 0.4) is 0 Å². The van der Waals surface area contributed by atoms with Gasteiger partial charge >= 0.3 is 0 Å². The van der Waals surface area contributed by atoms with E-state index in [9.17, 15) is 84.8 Å². The number of ether oxygens (including phenoxy) is 2. The number of nitrogens with zero attached hydrogens (tertiary/aromatic N) is 11. The number of anilines is 2. The topological polar surface area (TPSA) is 509 Å². The van der Waals surface area contributed by atoms with E-state index in [1.807, 2.05) is 6.07 Å². The molecule has 2 aromatic heterocycles. The molecule has 0 fully saturated rings. The molecule has 33 nitrogen and oxygen atoms in total. The number of halogens is 1. The smallest absolute Gasteiger partial charge is 0.298 e. The van der Waals surface area contributed by atoms with Crippen LogP contribution in [0.2, 0.25) is 5.02 Å². The fourth-order valence-electron chi connectivity index (χ4n) is 8.32. The third-order valence-electron chi connectivity index (χ3n) is 12.4. The number of nitriles is 1. The first kappa shape index (κ1) is 72.2. The van der Waals surface area contributed by atoms with Gasteiger partial charge in [-0.1, -0.05) is 11.6 Å². The minimum absolute atomic E-state index is 0.00357. The van der Waals surface area contributed by atoms with Gasteiger partial charge in [0.15, 0.2) is 11.3 Å². The third kappa shape index (κ3) is 19.7. The molecule has 93 heavy (non-hydrogen) atoms. The van der Waals surface area contributed by atoms with Gasteiger partial charge in [0, 0.05) is 41.3 Å². The van der Waals surface area contributed by atoms with Gasteiger partial charge in [-0.05, 0) is 105 Å². The summed E-state index contributed by atoms with van der Waals surface area (Å²) in [5, 5.41) is 61.6. The van der Waals surface area contributed by atoms with Crippen molar-refractivity contribution in [3.63, 3.8) is 0 Å². The summed E-state index contributed by atoms with van der Waals surface area (Å²) in [6.07, 6.45) is -0.420. The normalized spacial score (nSPS) is 12.7. The van der Waals surface area contributed by atoms with Gasteiger partial charge in [-0.15, -0.1) is 54.2 Å². The Balaban J connectivity index is 1.34. The van der Waals surface area contributed by atoms with Crippen molar-refractivity contribution in [1.29, 1.82) is 5.26 Å². The molecule has 0 saturated heterocycles. The standard InChI is InChI=1S/C52H52ClN13O20S7/c1-27-17-40(62-65-50-28(2)32(26-54)51-57-39-22-45(85-5)49(93(82,83)84)25-43(39)66(51)52(50)69)44(86-11-6-14-89(70,71)72)21-34(27)59-63-41-20-36(56-30(4)68)38(24-47(41)88-13-8-16-91(76,77)78)61-64-42-19-35(55-29(3)67)37(23-46(42)87-12-7-15-90(73,74)75)60-58-31-9-10-48(33(53)18-31)92(79,80)81/h9-10,17-25,69H,6-8,11-16H2,1-5H3,(H,55,67)(H,56,68)(H,70,71,72)(H,73,74,75)(H,76,77,78)(H,79,80,81)(H,82,83,84). The van der Waals surface area contributed by atoms with E-state index in [1.165, 1.54) is 69.3 Å². The number of aryl methyl sites for hydroxylation is 1. The van der Waals surface area contributed by atoms with E-state index in [4.69, 9.17) is 21.1 Å². The highest BCUT2D eigenvalue weighted by Crippen LogP contribution is 2.46.